The number of aliphatic imine (C=N–C) groups is 1. The molecule has 1 unspecified atom stereocenters. The molecule has 0 radical (unpaired) electrons. The molecular formula is C13H17N3O. The van der Waals surface area contributed by atoms with Crippen molar-refractivity contribution in [2.24, 2.45) is 10.8 Å². The second kappa shape index (κ2) is 4.13. The summed E-state index contributed by atoms with van der Waals surface area (Å²) in [5.41, 5.74) is 3.33. The van der Waals surface area contributed by atoms with E-state index >= 15 is 0 Å². The molecule has 0 aromatic heterocycles. The second-order valence-corrected chi connectivity index (χ2v) is 4.72. The number of fused-ring (bicyclic) bond motifs is 1. The highest BCUT2D eigenvalue weighted by atomic mass is 16.3. The van der Waals surface area contributed by atoms with Crippen molar-refractivity contribution in [2.45, 2.75) is 25.4 Å². The molecule has 4 nitrogen and oxygen atoms in total. The molecule has 1 aromatic carbocycles. The Bertz CT molecular complexity index is 470. The van der Waals surface area contributed by atoms with E-state index < -0.39 is 0 Å². The smallest absolute Gasteiger partial charge is 0.145 e. The van der Waals surface area contributed by atoms with Gasteiger partial charge in [0.2, 0.25) is 0 Å². The first-order chi connectivity index (χ1) is 8.25. The number of nitrogens with two attached hydrogens (primary N) is 1. The van der Waals surface area contributed by atoms with Crippen LogP contribution in [0.3, 0.4) is 0 Å². The summed E-state index contributed by atoms with van der Waals surface area (Å²) in [6.07, 6.45) is 2.66. The number of hydrogen-bond donors (Lipinski definition) is 2. The Hall–Kier alpha value is -1.39. The van der Waals surface area contributed by atoms with Gasteiger partial charge in [0.05, 0.1) is 19.2 Å². The maximum atomic E-state index is 10.0. The summed E-state index contributed by atoms with van der Waals surface area (Å²) in [7, 11) is 0. The molecule has 4 heteroatoms. The molecule has 0 spiro atoms. The van der Waals surface area contributed by atoms with Crippen molar-refractivity contribution in [3.05, 3.63) is 34.9 Å². The Balaban J connectivity index is 2.00. The third-order valence-electron chi connectivity index (χ3n) is 3.56. The van der Waals surface area contributed by atoms with Crippen LogP contribution in [0.25, 0.3) is 0 Å². The number of nitrogens with zero attached hydrogens (tertiary/aromatic N) is 2. The Labute approximate surface area is 101 Å². The molecule has 0 saturated heterocycles. The minimum atomic E-state index is -0.327. The van der Waals surface area contributed by atoms with Crippen molar-refractivity contribution >= 4 is 5.84 Å². The van der Waals surface area contributed by atoms with Gasteiger partial charge < -0.3 is 5.11 Å². The molecular weight excluding hydrogens is 214 g/mol. The molecule has 1 aromatic rings. The van der Waals surface area contributed by atoms with Gasteiger partial charge in [-0.25, -0.2) is 5.84 Å². The van der Waals surface area contributed by atoms with E-state index in [1.165, 1.54) is 5.56 Å². The van der Waals surface area contributed by atoms with Crippen molar-refractivity contribution in [2.75, 3.05) is 13.1 Å². The quantitative estimate of drug-likeness (QED) is 0.709. The molecule has 1 heterocycles. The average Bonchev–Trinajstić information content (AvgIpc) is 2.76. The summed E-state index contributed by atoms with van der Waals surface area (Å²) >= 11 is 0. The third-order valence-corrected chi connectivity index (χ3v) is 3.56. The number of aryl methyl sites for hydroxylation is 1. The van der Waals surface area contributed by atoms with Crippen LogP contribution < -0.4 is 5.84 Å². The Morgan fingerprint density at radius 1 is 1.41 bits per heavy atom. The normalized spacial score (nSPS) is 23.5. The van der Waals surface area contributed by atoms with Crippen LogP contribution >= 0.6 is 0 Å². The summed E-state index contributed by atoms with van der Waals surface area (Å²) in [4.78, 5) is 4.40. The topological polar surface area (TPSA) is 61.8 Å². The summed E-state index contributed by atoms with van der Waals surface area (Å²) < 4.78 is 0. The van der Waals surface area contributed by atoms with Gasteiger partial charge in [0.15, 0.2) is 0 Å². The lowest BCUT2D eigenvalue weighted by Gasteiger charge is -2.23. The molecule has 0 saturated carbocycles. The lowest BCUT2D eigenvalue weighted by atomic mass is 9.88. The number of rotatable bonds is 1. The van der Waals surface area contributed by atoms with Gasteiger partial charge in [-0.2, -0.15) is 0 Å². The zero-order valence-electron chi connectivity index (χ0n) is 9.76. The molecule has 90 valence electrons. The Morgan fingerprint density at radius 3 is 3.06 bits per heavy atom. The fourth-order valence-corrected chi connectivity index (χ4v) is 2.63. The van der Waals surface area contributed by atoms with Crippen LogP contribution in [-0.4, -0.2) is 29.0 Å². The molecule has 3 N–H and O–H groups in total. The minimum Gasteiger partial charge on any atom is -0.388 e. The lowest BCUT2D eigenvalue weighted by Crippen LogP contribution is -2.35. The van der Waals surface area contributed by atoms with E-state index in [4.69, 9.17) is 5.84 Å². The van der Waals surface area contributed by atoms with Gasteiger partial charge in [-0.05, 0) is 36.5 Å². The van der Waals surface area contributed by atoms with Crippen LogP contribution in [0.1, 0.15) is 35.6 Å². The summed E-state index contributed by atoms with van der Waals surface area (Å²) in [5.74, 6) is 6.70. The van der Waals surface area contributed by atoms with Crippen LogP contribution in [0.5, 0.6) is 0 Å². The number of hydrogen-bond acceptors (Lipinski definition) is 4. The Kier molecular flexibility index (Phi) is 2.61. The van der Waals surface area contributed by atoms with Crippen LogP contribution in [-0.2, 0) is 6.42 Å². The van der Waals surface area contributed by atoms with E-state index in [0.717, 1.165) is 49.3 Å². The highest BCUT2D eigenvalue weighted by molar-refractivity contribution is 5.99. The molecule has 3 rings (SSSR count). The van der Waals surface area contributed by atoms with E-state index in [9.17, 15) is 5.11 Å². The van der Waals surface area contributed by atoms with Crippen LogP contribution in [0.2, 0.25) is 0 Å². The third kappa shape index (κ3) is 1.83. The number of hydrazine groups is 1. The first-order valence-electron chi connectivity index (χ1n) is 6.13. The zero-order valence-corrected chi connectivity index (χ0v) is 9.76. The fourth-order valence-electron chi connectivity index (χ4n) is 2.63. The van der Waals surface area contributed by atoms with Crippen molar-refractivity contribution in [3.63, 3.8) is 0 Å². The maximum absolute atomic E-state index is 10.0. The van der Waals surface area contributed by atoms with Crippen LogP contribution in [0.15, 0.2) is 23.2 Å². The molecule has 1 atom stereocenters. The monoisotopic (exact) mass is 231 g/mol. The maximum Gasteiger partial charge on any atom is 0.145 e. The largest absolute Gasteiger partial charge is 0.388 e. The van der Waals surface area contributed by atoms with Crippen molar-refractivity contribution < 1.29 is 5.11 Å². The van der Waals surface area contributed by atoms with Gasteiger partial charge in [-0.1, -0.05) is 12.1 Å². The highest BCUT2D eigenvalue weighted by Crippen LogP contribution is 2.30. The van der Waals surface area contributed by atoms with Crippen molar-refractivity contribution in [3.8, 4) is 0 Å². The van der Waals surface area contributed by atoms with Crippen molar-refractivity contribution in [1.29, 1.82) is 0 Å². The molecule has 0 fully saturated rings. The summed E-state index contributed by atoms with van der Waals surface area (Å²) in [6, 6.07) is 6.20. The average molecular weight is 231 g/mol. The minimum absolute atomic E-state index is 0.327. The predicted molar refractivity (Wildman–Crippen MR) is 66.6 cm³/mol. The number of aliphatic hydroxyl groups excluding tert-OH is 1. The fraction of sp³-hybridized carbons (Fsp3) is 0.462. The van der Waals surface area contributed by atoms with Gasteiger partial charge in [-0.3, -0.25) is 10.0 Å². The van der Waals surface area contributed by atoms with Gasteiger partial charge in [0.1, 0.15) is 5.84 Å². The molecule has 0 bridgehead atoms. The molecule has 1 aliphatic heterocycles. The van der Waals surface area contributed by atoms with E-state index in [-0.39, 0.29) is 6.10 Å². The van der Waals surface area contributed by atoms with Gasteiger partial charge in [0, 0.05) is 5.56 Å². The number of aliphatic hydroxyl groups is 1. The molecule has 2 aliphatic rings. The van der Waals surface area contributed by atoms with Crippen LogP contribution in [0.4, 0.5) is 0 Å². The molecule has 0 amide bonds. The predicted octanol–water partition coefficient (Wildman–Crippen LogP) is 0.992. The highest BCUT2D eigenvalue weighted by Gasteiger charge is 2.21. The van der Waals surface area contributed by atoms with Crippen LogP contribution in [0, 0.1) is 0 Å². The molecule has 17 heavy (non-hydrogen) atoms. The zero-order chi connectivity index (χ0) is 11.8. The van der Waals surface area contributed by atoms with Gasteiger partial charge >= 0.3 is 0 Å². The summed E-state index contributed by atoms with van der Waals surface area (Å²) in [6.45, 7) is 1.53. The SMILES string of the molecule is NN1CCN=C1c1ccc2c(c1)C(O)CCC2. The van der Waals surface area contributed by atoms with E-state index in [0.29, 0.717) is 0 Å². The second-order valence-electron chi connectivity index (χ2n) is 4.72. The number of amidine groups is 1. The summed E-state index contributed by atoms with van der Waals surface area (Å²) in [5, 5.41) is 11.7. The first kappa shape index (κ1) is 10.7. The first-order valence-corrected chi connectivity index (χ1v) is 6.13. The van der Waals surface area contributed by atoms with Gasteiger partial charge in [0.25, 0.3) is 0 Å². The van der Waals surface area contributed by atoms with E-state index in [1.807, 2.05) is 6.07 Å². The lowest BCUT2D eigenvalue weighted by molar-refractivity contribution is 0.156. The molecule has 1 aliphatic carbocycles. The van der Waals surface area contributed by atoms with E-state index in [2.05, 4.69) is 17.1 Å². The van der Waals surface area contributed by atoms with E-state index in [1.54, 1.807) is 5.01 Å². The Morgan fingerprint density at radius 2 is 2.29 bits per heavy atom. The standard InChI is InChI=1S/C13H17N3O/c14-16-7-6-15-13(16)10-5-4-9-2-1-3-12(17)11(9)8-10/h4-5,8,12,17H,1-3,6-7,14H2. The number of benzene rings is 1. The van der Waals surface area contributed by atoms with Crippen molar-refractivity contribution in [1.82, 2.24) is 5.01 Å². The van der Waals surface area contributed by atoms with Gasteiger partial charge in [-0.15, -0.1) is 0 Å².